The molecule has 1 N–H and O–H groups in total. The van der Waals surface area contributed by atoms with E-state index in [1.807, 2.05) is 6.07 Å². The Hall–Kier alpha value is -0.880. The number of halogens is 2. The van der Waals surface area contributed by atoms with Crippen LogP contribution in [0.15, 0.2) is 23.1 Å². The van der Waals surface area contributed by atoms with Crippen molar-refractivity contribution in [3.63, 3.8) is 0 Å². The molecule has 2 heterocycles. The Morgan fingerprint density at radius 3 is 2.58 bits per heavy atom. The third kappa shape index (κ3) is 3.85. The van der Waals surface area contributed by atoms with Crippen LogP contribution >= 0.6 is 24.0 Å². The van der Waals surface area contributed by atoms with Crippen LogP contribution in [-0.4, -0.2) is 62.9 Å². The van der Waals surface area contributed by atoms with E-state index in [1.54, 1.807) is 0 Å². The van der Waals surface area contributed by atoms with E-state index in [0.29, 0.717) is 18.7 Å². The van der Waals surface area contributed by atoms with Gasteiger partial charge in [0.1, 0.15) is 4.90 Å². The molecule has 2 aliphatic rings. The molecular weight excluding hydrogens is 371 g/mol. The molecule has 9 heteroatoms. The smallest absolute Gasteiger partial charge is 0.244 e. The summed E-state index contributed by atoms with van der Waals surface area (Å²) in [4.78, 5) is 2.44. The van der Waals surface area contributed by atoms with Gasteiger partial charge in [-0.25, -0.2) is 8.42 Å². The first-order chi connectivity index (χ1) is 11.0. The molecule has 0 aromatic heterocycles. The zero-order valence-electron chi connectivity index (χ0n) is 13.1. The van der Waals surface area contributed by atoms with Crippen LogP contribution in [0.25, 0.3) is 0 Å². The Kier molecular flexibility index (Phi) is 6.48. The maximum absolute atomic E-state index is 12.8. The predicted molar refractivity (Wildman–Crippen MR) is 95.0 cm³/mol. The molecule has 3 rings (SSSR count). The number of nitriles is 1. The lowest BCUT2D eigenvalue weighted by molar-refractivity contribution is 0.179. The maximum Gasteiger partial charge on any atom is 0.244 e. The van der Waals surface area contributed by atoms with Gasteiger partial charge in [0.15, 0.2) is 0 Å². The highest BCUT2D eigenvalue weighted by atomic mass is 35.5. The zero-order valence-corrected chi connectivity index (χ0v) is 15.5. The number of piperazine rings is 1. The van der Waals surface area contributed by atoms with Gasteiger partial charge in [-0.3, -0.25) is 4.90 Å². The van der Waals surface area contributed by atoms with Crippen molar-refractivity contribution in [2.24, 2.45) is 0 Å². The molecule has 132 valence electrons. The standard InChI is InChI=1S/C15H19ClN4O2S.ClH/c16-14-9-12(10-17)1-2-15(14)23(21,22)20-6-3-13(11-20)19-7-4-18-5-8-19;/h1-2,9,13,18H,3-8,11H2;1H. The number of nitrogens with zero attached hydrogens (tertiary/aromatic N) is 3. The van der Waals surface area contributed by atoms with Crippen LogP contribution in [0.4, 0.5) is 0 Å². The Morgan fingerprint density at radius 1 is 1.25 bits per heavy atom. The van der Waals surface area contributed by atoms with Crippen molar-refractivity contribution in [3.8, 4) is 6.07 Å². The highest BCUT2D eigenvalue weighted by Crippen LogP contribution is 2.29. The van der Waals surface area contributed by atoms with Gasteiger partial charge in [-0.15, -0.1) is 12.4 Å². The van der Waals surface area contributed by atoms with Crippen LogP contribution in [0.1, 0.15) is 12.0 Å². The fraction of sp³-hybridized carbons (Fsp3) is 0.533. The zero-order chi connectivity index (χ0) is 16.4. The minimum Gasteiger partial charge on any atom is -0.314 e. The van der Waals surface area contributed by atoms with Gasteiger partial charge in [0.2, 0.25) is 10.0 Å². The van der Waals surface area contributed by atoms with E-state index < -0.39 is 10.0 Å². The molecule has 6 nitrogen and oxygen atoms in total. The van der Waals surface area contributed by atoms with Gasteiger partial charge in [-0.05, 0) is 24.6 Å². The van der Waals surface area contributed by atoms with Crippen molar-refractivity contribution < 1.29 is 8.42 Å². The number of nitrogens with one attached hydrogen (secondary N) is 1. The topological polar surface area (TPSA) is 76.4 Å². The summed E-state index contributed by atoms with van der Waals surface area (Å²) < 4.78 is 27.1. The molecule has 1 atom stereocenters. The van der Waals surface area contributed by atoms with E-state index in [2.05, 4.69) is 10.2 Å². The number of hydrogen-bond donors (Lipinski definition) is 1. The fourth-order valence-electron chi connectivity index (χ4n) is 3.19. The van der Waals surface area contributed by atoms with Crippen LogP contribution < -0.4 is 5.32 Å². The molecule has 2 aliphatic heterocycles. The minimum atomic E-state index is -3.62. The van der Waals surface area contributed by atoms with E-state index >= 15 is 0 Å². The van der Waals surface area contributed by atoms with Gasteiger partial charge in [0, 0.05) is 45.3 Å². The second-order valence-electron chi connectivity index (χ2n) is 5.85. The summed E-state index contributed by atoms with van der Waals surface area (Å²) in [5.74, 6) is 0. The molecule has 1 aromatic rings. The molecule has 0 amide bonds. The summed E-state index contributed by atoms with van der Waals surface area (Å²) in [6, 6.07) is 6.54. The van der Waals surface area contributed by atoms with Crippen LogP contribution in [0, 0.1) is 11.3 Å². The van der Waals surface area contributed by atoms with E-state index in [0.717, 1.165) is 32.6 Å². The number of hydrogen-bond acceptors (Lipinski definition) is 5. The van der Waals surface area contributed by atoms with Crippen molar-refractivity contribution >= 4 is 34.0 Å². The highest BCUT2D eigenvalue weighted by Gasteiger charge is 2.36. The first kappa shape index (κ1) is 19.4. The molecule has 0 bridgehead atoms. The van der Waals surface area contributed by atoms with Crippen LogP contribution in [0.5, 0.6) is 0 Å². The minimum absolute atomic E-state index is 0. The molecule has 1 aromatic carbocycles. The van der Waals surface area contributed by atoms with E-state index in [-0.39, 0.29) is 28.4 Å². The second-order valence-corrected chi connectivity index (χ2v) is 8.16. The van der Waals surface area contributed by atoms with Crippen LogP contribution in [-0.2, 0) is 10.0 Å². The summed E-state index contributed by atoms with van der Waals surface area (Å²) in [5.41, 5.74) is 0.356. The third-order valence-corrected chi connectivity index (χ3v) is 6.82. The lowest BCUT2D eigenvalue weighted by Crippen LogP contribution is -2.49. The van der Waals surface area contributed by atoms with Gasteiger partial charge in [-0.1, -0.05) is 11.6 Å². The van der Waals surface area contributed by atoms with Crippen molar-refractivity contribution in [3.05, 3.63) is 28.8 Å². The van der Waals surface area contributed by atoms with Gasteiger partial charge < -0.3 is 5.32 Å². The Labute approximate surface area is 153 Å². The quantitative estimate of drug-likeness (QED) is 0.841. The summed E-state index contributed by atoms with van der Waals surface area (Å²) in [6.45, 7) is 4.81. The van der Waals surface area contributed by atoms with E-state index in [1.165, 1.54) is 22.5 Å². The number of rotatable bonds is 3. The maximum atomic E-state index is 12.8. The molecule has 2 fully saturated rings. The molecule has 0 saturated carbocycles. The molecule has 1 unspecified atom stereocenters. The Bertz CT molecular complexity index is 729. The molecule has 24 heavy (non-hydrogen) atoms. The molecule has 0 spiro atoms. The molecule has 0 radical (unpaired) electrons. The average molecular weight is 391 g/mol. The van der Waals surface area contributed by atoms with E-state index in [9.17, 15) is 8.42 Å². The van der Waals surface area contributed by atoms with Crippen LogP contribution in [0.3, 0.4) is 0 Å². The van der Waals surface area contributed by atoms with Gasteiger partial charge in [0.25, 0.3) is 0 Å². The lowest BCUT2D eigenvalue weighted by atomic mass is 10.2. The molecule has 2 saturated heterocycles. The Morgan fingerprint density at radius 2 is 1.96 bits per heavy atom. The predicted octanol–water partition coefficient (Wildman–Crippen LogP) is 1.30. The largest absolute Gasteiger partial charge is 0.314 e. The van der Waals surface area contributed by atoms with Crippen molar-refractivity contribution in [2.75, 3.05) is 39.3 Å². The molecule has 0 aliphatic carbocycles. The summed E-state index contributed by atoms with van der Waals surface area (Å²) in [7, 11) is -3.62. The van der Waals surface area contributed by atoms with Crippen molar-refractivity contribution in [1.29, 1.82) is 5.26 Å². The van der Waals surface area contributed by atoms with Crippen molar-refractivity contribution in [2.45, 2.75) is 17.4 Å². The average Bonchev–Trinajstić information content (AvgIpc) is 3.06. The van der Waals surface area contributed by atoms with E-state index in [4.69, 9.17) is 16.9 Å². The number of benzene rings is 1. The molecular formula is C15H20Cl2N4O2S. The summed E-state index contributed by atoms with van der Waals surface area (Å²) in [6.07, 6.45) is 0.840. The summed E-state index contributed by atoms with van der Waals surface area (Å²) >= 11 is 6.08. The normalized spacial score (nSPS) is 22.8. The lowest BCUT2D eigenvalue weighted by Gasteiger charge is -2.32. The number of sulfonamides is 1. The van der Waals surface area contributed by atoms with Gasteiger partial charge in [-0.2, -0.15) is 9.57 Å². The third-order valence-electron chi connectivity index (χ3n) is 4.47. The first-order valence-corrected chi connectivity index (χ1v) is 9.49. The second kappa shape index (κ2) is 8.00. The van der Waals surface area contributed by atoms with Crippen molar-refractivity contribution in [1.82, 2.24) is 14.5 Å². The Balaban J connectivity index is 0.00000208. The monoisotopic (exact) mass is 390 g/mol. The highest BCUT2D eigenvalue weighted by molar-refractivity contribution is 7.89. The fourth-order valence-corrected chi connectivity index (χ4v) is 5.20. The SMILES string of the molecule is Cl.N#Cc1ccc(S(=O)(=O)N2CCC(N3CCNCC3)C2)c(Cl)c1. The first-order valence-electron chi connectivity index (χ1n) is 7.67. The van der Waals surface area contributed by atoms with Gasteiger partial charge >= 0.3 is 0 Å². The summed E-state index contributed by atoms with van der Waals surface area (Å²) in [5, 5.41) is 12.3. The van der Waals surface area contributed by atoms with Crippen LogP contribution in [0.2, 0.25) is 5.02 Å². The van der Waals surface area contributed by atoms with Gasteiger partial charge in [0.05, 0.1) is 16.7 Å².